The zero-order chi connectivity index (χ0) is 48.7. The number of aromatic nitrogens is 5. The van der Waals surface area contributed by atoms with Gasteiger partial charge in [0.2, 0.25) is 5.95 Å². The van der Waals surface area contributed by atoms with E-state index in [0.29, 0.717) is 17.6 Å². The van der Waals surface area contributed by atoms with Gasteiger partial charge in [0.15, 0.2) is 11.6 Å². The highest BCUT2D eigenvalue weighted by Crippen LogP contribution is 2.47. The first-order valence-corrected chi connectivity index (χ1v) is 25.2. The lowest BCUT2D eigenvalue weighted by Crippen LogP contribution is -2.07. The first-order valence-electron chi connectivity index (χ1n) is 25.2. The van der Waals surface area contributed by atoms with Crippen molar-refractivity contribution >= 4 is 75.9 Å². The number of hydrogen-bond acceptors (Lipinski definition) is 3. The maximum Gasteiger partial charge on any atom is 0.238 e. The van der Waals surface area contributed by atoms with Crippen LogP contribution in [0.2, 0.25) is 0 Å². The van der Waals surface area contributed by atoms with Gasteiger partial charge < -0.3 is 4.57 Å². The van der Waals surface area contributed by atoms with Crippen molar-refractivity contribution in [1.29, 1.82) is 0 Å². The van der Waals surface area contributed by atoms with Gasteiger partial charge in [0, 0.05) is 43.4 Å². The minimum Gasteiger partial charge on any atom is -0.308 e. The lowest BCUT2D eigenvalue weighted by atomic mass is 9.88. The van der Waals surface area contributed by atoms with E-state index in [4.69, 9.17) is 15.0 Å². The van der Waals surface area contributed by atoms with Crippen LogP contribution in [0.3, 0.4) is 0 Å². The molecule has 0 atom stereocenters. The van der Waals surface area contributed by atoms with E-state index in [2.05, 4.69) is 252 Å². The summed E-state index contributed by atoms with van der Waals surface area (Å²) in [6, 6.07) is 93.8. The fourth-order valence-corrected chi connectivity index (χ4v) is 11.6. The third-order valence-electron chi connectivity index (χ3n) is 14.9. The Hall–Kier alpha value is -9.97. The number of benzene rings is 12. The molecule has 0 N–H and O–H groups in total. The van der Waals surface area contributed by atoms with Gasteiger partial charge in [-0.25, -0.2) is 4.98 Å². The van der Waals surface area contributed by atoms with Gasteiger partial charge in [0.1, 0.15) is 0 Å². The fraction of sp³-hybridized carbons (Fsp3) is 0. The average Bonchev–Trinajstić information content (AvgIpc) is 4.01. The number of hydrogen-bond donors (Lipinski definition) is 0. The van der Waals surface area contributed by atoms with Gasteiger partial charge in [0.05, 0.1) is 27.8 Å². The van der Waals surface area contributed by atoms with E-state index in [1.54, 1.807) is 0 Å². The Balaban J connectivity index is 1.12. The molecule has 5 nitrogen and oxygen atoms in total. The molecule has 15 rings (SSSR count). The van der Waals surface area contributed by atoms with Gasteiger partial charge >= 0.3 is 0 Å². The van der Waals surface area contributed by atoms with Gasteiger partial charge in [-0.1, -0.05) is 224 Å². The second kappa shape index (κ2) is 16.8. The normalized spacial score (nSPS) is 11.8. The third kappa shape index (κ3) is 6.60. The molecular formula is C69H43N5. The largest absolute Gasteiger partial charge is 0.308 e. The van der Waals surface area contributed by atoms with Crippen molar-refractivity contribution in [3.05, 3.63) is 261 Å². The smallest absolute Gasteiger partial charge is 0.238 e. The minimum absolute atomic E-state index is 0.550. The summed E-state index contributed by atoms with van der Waals surface area (Å²) < 4.78 is 4.73. The van der Waals surface area contributed by atoms with Gasteiger partial charge in [0.25, 0.3) is 0 Å². The molecule has 5 heteroatoms. The highest BCUT2D eigenvalue weighted by molar-refractivity contribution is 6.22. The van der Waals surface area contributed by atoms with Crippen LogP contribution in [-0.4, -0.2) is 24.1 Å². The monoisotopic (exact) mass is 941 g/mol. The summed E-state index contributed by atoms with van der Waals surface area (Å²) in [5.41, 5.74) is 13.9. The maximum atomic E-state index is 5.68. The Morgan fingerprint density at radius 3 is 1.47 bits per heavy atom. The van der Waals surface area contributed by atoms with Crippen LogP contribution in [0.1, 0.15) is 0 Å². The van der Waals surface area contributed by atoms with E-state index >= 15 is 0 Å². The number of nitrogens with zero attached hydrogens (tertiary/aromatic N) is 5. The highest BCUT2D eigenvalue weighted by atomic mass is 15.2. The van der Waals surface area contributed by atoms with Crippen molar-refractivity contribution in [2.24, 2.45) is 0 Å². The van der Waals surface area contributed by atoms with Crippen LogP contribution >= 0.6 is 0 Å². The van der Waals surface area contributed by atoms with Crippen molar-refractivity contribution in [2.75, 3.05) is 0 Å². The van der Waals surface area contributed by atoms with E-state index in [-0.39, 0.29) is 0 Å². The van der Waals surface area contributed by atoms with Gasteiger partial charge in [-0.3, -0.25) is 4.57 Å². The highest BCUT2D eigenvalue weighted by Gasteiger charge is 2.26. The van der Waals surface area contributed by atoms with E-state index in [0.717, 1.165) is 88.3 Å². The summed E-state index contributed by atoms with van der Waals surface area (Å²) >= 11 is 0. The molecule has 74 heavy (non-hydrogen) atoms. The summed E-state index contributed by atoms with van der Waals surface area (Å²) in [6.45, 7) is 0. The lowest BCUT2D eigenvalue weighted by Gasteiger charge is -2.21. The number of rotatable bonds is 7. The molecule has 0 fully saturated rings. The van der Waals surface area contributed by atoms with Crippen molar-refractivity contribution in [3.8, 4) is 67.8 Å². The molecule has 3 heterocycles. The first-order chi connectivity index (χ1) is 36.7. The molecule has 0 spiro atoms. The van der Waals surface area contributed by atoms with Crippen molar-refractivity contribution in [3.63, 3.8) is 0 Å². The van der Waals surface area contributed by atoms with Crippen LogP contribution in [0.4, 0.5) is 0 Å². The van der Waals surface area contributed by atoms with E-state index < -0.39 is 0 Å². The van der Waals surface area contributed by atoms with Crippen LogP contribution < -0.4 is 0 Å². The molecular weight excluding hydrogens is 899 g/mol. The minimum atomic E-state index is 0.550. The SMILES string of the molecule is c1ccc(-c2nc(-c3c(-c4ccccc4)cc(-n4c5cc6ccccc6cc5c5ccc6ccccc6c54)c4ccc(-c5ccccc5-c5ccccc5)cc34)nc(-n3c4ccccc4c4ccccc43)n2)cc1. The van der Waals surface area contributed by atoms with E-state index in [9.17, 15) is 0 Å². The first kappa shape index (κ1) is 41.8. The quantitative estimate of drug-likeness (QED) is 0.160. The zero-order valence-electron chi connectivity index (χ0n) is 40.1. The van der Waals surface area contributed by atoms with Crippen LogP contribution in [0, 0.1) is 0 Å². The summed E-state index contributed by atoms with van der Waals surface area (Å²) in [4.78, 5) is 16.6. The molecule has 0 radical (unpaired) electrons. The Morgan fingerprint density at radius 1 is 0.257 bits per heavy atom. The fourth-order valence-electron chi connectivity index (χ4n) is 11.6. The maximum absolute atomic E-state index is 5.68. The van der Waals surface area contributed by atoms with Gasteiger partial charge in [-0.05, 0) is 91.3 Å². The molecule has 12 aromatic carbocycles. The van der Waals surface area contributed by atoms with Gasteiger partial charge in [-0.2, -0.15) is 9.97 Å². The zero-order valence-corrected chi connectivity index (χ0v) is 40.1. The second-order valence-electron chi connectivity index (χ2n) is 19.1. The molecule has 0 amide bonds. The summed E-state index contributed by atoms with van der Waals surface area (Å²) in [7, 11) is 0. The molecule has 15 aromatic rings. The molecule has 0 unspecified atom stereocenters. The Kier molecular flexibility index (Phi) is 9.50. The van der Waals surface area contributed by atoms with Crippen molar-refractivity contribution < 1.29 is 0 Å². The number of para-hydroxylation sites is 2. The van der Waals surface area contributed by atoms with Crippen molar-refractivity contribution in [2.45, 2.75) is 0 Å². The van der Waals surface area contributed by atoms with Gasteiger partial charge in [-0.15, -0.1) is 0 Å². The molecule has 3 aromatic heterocycles. The van der Waals surface area contributed by atoms with Crippen molar-refractivity contribution in [1.82, 2.24) is 24.1 Å². The molecule has 344 valence electrons. The standard InChI is InChI=1S/C69H43N5/c1-4-20-44(21-5-1)51-29-14-15-30-52(51)50-37-38-56-60(41-50)65(68-70-67(47-25-8-3-9-26-47)71-69(72-68)74-61-34-18-16-32-54(61)55-33-17-19-35-62(55)74)58(45-22-6-2-7-23-45)43-64(56)73-63-42-49-28-11-10-27-48(49)40-59(63)57-39-36-46-24-12-13-31-53(46)66(57)73/h1-43H. The molecule has 0 saturated heterocycles. The average molecular weight is 942 g/mol. The summed E-state index contributed by atoms with van der Waals surface area (Å²) in [5, 5.41) is 11.6. The Labute approximate surface area is 426 Å². The molecule has 0 bridgehead atoms. The van der Waals surface area contributed by atoms with Crippen LogP contribution in [0.15, 0.2) is 261 Å². The summed E-state index contributed by atoms with van der Waals surface area (Å²) in [5.74, 6) is 1.72. The second-order valence-corrected chi connectivity index (χ2v) is 19.1. The summed E-state index contributed by atoms with van der Waals surface area (Å²) in [6.07, 6.45) is 0. The molecule has 0 saturated carbocycles. The predicted molar refractivity (Wildman–Crippen MR) is 308 cm³/mol. The molecule has 0 aliphatic heterocycles. The number of fused-ring (bicyclic) bond motifs is 10. The third-order valence-corrected chi connectivity index (χ3v) is 14.9. The molecule has 0 aliphatic carbocycles. The van der Waals surface area contributed by atoms with E-state index in [1.807, 2.05) is 18.2 Å². The lowest BCUT2D eigenvalue weighted by molar-refractivity contribution is 0.954. The predicted octanol–water partition coefficient (Wildman–Crippen LogP) is 17.9. The van der Waals surface area contributed by atoms with E-state index in [1.165, 1.54) is 37.8 Å². The topological polar surface area (TPSA) is 48.5 Å². The Morgan fingerprint density at radius 2 is 0.784 bits per heavy atom. The Bertz CT molecular complexity index is 4650. The van der Waals surface area contributed by atoms with Crippen LogP contribution in [0.5, 0.6) is 0 Å². The molecule has 0 aliphatic rings. The van der Waals surface area contributed by atoms with Crippen LogP contribution in [0.25, 0.3) is 144 Å². The van der Waals surface area contributed by atoms with Crippen LogP contribution in [-0.2, 0) is 0 Å².